The van der Waals surface area contributed by atoms with E-state index < -0.39 is 0 Å². The Labute approximate surface area is 136 Å². The molecule has 0 amide bonds. The first-order valence-corrected chi connectivity index (χ1v) is 7.96. The van der Waals surface area contributed by atoms with E-state index in [9.17, 15) is 0 Å². The van der Waals surface area contributed by atoms with Gasteiger partial charge < -0.3 is 4.90 Å². The zero-order valence-electron chi connectivity index (χ0n) is 11.8. The molecule has 0 aliphatic carbocycles. The van der Waals surface area contributed by atoms with Crippen LogP contribution in [0.15, 0.2) is 59.6 Å². The highest BCUT2D eigenvalue weighted by Gasteiger charge is 2.04. The molecule has 0 saturated heterocycles. The number of hydrogen-bond acceptors (Lipinski definition) is 2. The number of anilines is 1. The summed E-state index contributed by atoms with van der Waals surface area (Å²) in [5, 5.41) is 0. The molecule has 0 N–H and O–H groups in total. The zero-order valence-corrected chi connectivity index (χ0v) is 13.3. The standard InChI is InChI=1S/C17H18Cl2N2/c18-10-12-21(13-11-19)17-8-6-15(7-9-17)14-20-16-4-2-1-3-5-16/h1-9,14H,10-13H2. The fraction of sp³-hybridized carbons (Fsp3) is 0.235. The van der Waals surface area contributed by atoms with Crippen LogP contribution in [0.3, 0.4) is 0 Å². The molecule has 0 atom stereocenters. The molecule has 0 heterocycles. The minimum absolute atomic E-state index is 0.591. The van der Waals surface area contributed by atoms with Gasteiger partial charge >= 0.3 is 0 Å². The van der Waals surface area contributed by atoms with Gasteiger partial charge in [0.25, 0.3) is 0 Å². The van der Waals surface area contributed by atoms with Gasteiger partial charge in [-0.25, -0.2) is 0 Å². The molecule has 0 radical (unpaired) electrons. The zero-order chi connectivity index (χ0) is 14.9. The van der Waals surface area contributed by atoms with Gasteiger partial charge in [0.15, 0.2) is 0 Å². The van der Waals surface area contributed by atoms with Gasteiger partial charge in [0.05, 0.1) is 5.69 Å². The van der Waals surface area contributed by atoms with E-state index in [0.29, 0.717) is 11.8 Å². The van der Waals surface area contributed by atoms with E-state index in [2.05, 4.69) is 34.2 Å². The fourth-order valence-corrected chi connectivity index (χ4v) is 2.42. The van der Waals surface area contributed by atoms with Crippen molar-refractivity contribution in [2.45, 2.75) is 0 Å². The first-order chi connectivity index (χ1) is 10.3. The minimum Gasteiger partial charge on any atom is -0.369 e. The summed E-state index contributed by atoms with van der Waals surface area (Å²) in [6.07, 6.45) is 1.87. The lowest BCUT2D eigenvalue weighted by Gasteiger charge is -2.22. The third-order valence-corrected chi connectivity index (χ3v) is 3.42. The number of benzene rings is 2. The summed E-state index contributed by atoms with van der Waals surface area (Å²) < 4.78 is 0. The second kappa shape index (κ2) is 8.71. The molecule has 2 nitrogen and oxygen atoms in total. The number of rotatable bonds is 7. The van der Waals surface area contributed by atoms with Crippen molar-refractivity contribution in [3.8, 4) is 0 Å². The Morgan fingerprint density at radius 3 is 2.05 bits per heavy atom. The van der Waals surface area contributed by atoms with Gasteiger partial charge in [-0.1, -0.05) is 30.3 Å². The van der Waals surface area contributed by atoms with Crippen LogP contribution in [0.4, 0.5) is 11.4 Å². The molecule has 0 spiro atoms. The molecule has 0 aliphatic heterocycles. The smallest absolute Gasteiger partial charge is 0.0629 e. The third kappa shape index (κ3) is 5.07. The Morgan fingerprint density at radius 2 is 1.48 bits per heavy atom. The number of alkyl halides is 2. The van der Waals surface area contributed by atoms with Crippen molar-refractivity contribution < 1.29 is 0 Å². The quantitative estimate of drug-likeness (QED) is 0.532. The molecule has 0 aliphatic rings. The van der Waals surface area contributed by atoms with Crippen LogP contribution in [0.2, 0.25) is 0 Å². The highest BCUT2D eigenvalue weighted by molar-refractivity contribution is 6.18. The normalized spacial score (nSPS) is 11.0. The topological polar surface area (TPSA) is 15.6 Å². The molecule has 0 aromatic heterocycles. The average Bonchev–Trinajstić information content (AvgIpc) is 2.54. The maximum Gasteiger partial charge on any atom is 0.0629 e. The molecular formula is C17H18Cl2N2. The Balaban J connectivity index is 2.06. The second-order valence-corrected chi connectivity index (χ2v) is 5.31. The van der Waals surface area contributed by atoms with E-state index in [1.165, 1.54) is 0 Å². The predicted molar refractivity (Wildman–Crippen MR) is 93.8 cm³/mol. The first-order valence-electron chi connectivity index (χ1n) is 6.89. The molecular weight excluding hydrogens is 303 g/mol. The van der Waals surface area contributed by atoms with Crippen LogP contribution in [-0.4, -0.2) is 31.1 Å². The highest BCUT2D eigenvalue weighted by Crippen LogP contribution is 2.16. The van der Waals surface area contributed by atoms with Gasteiger partial charge in [-0.2, -0.15) is 0 Å². The molecule has 4 heteroatoms. The van der Waals surface area contributed by atoms with E-state index in [4.69, 9.17) is 23.2 Å². The Bertz CT molecular complexity index is 547. The second-order valence-electron chi connectivity index (χ2n) is 4.55. The summed E-state index contributed by atoms with van der Waals surface area (Å²) in [5.74, 6) is 1.18. The van der Waals surface area contributed by atoms with Crippen molar-refractivity contribution in [3.05, 3.63) is 60.2 Å². The summed E-state index contributed by atoms with van der Waals surface area (Å²) in [7, 11) is 0. The lowest BCUT2D eigenvalue weighted by atomic mass is 10.2. The lowest BCUT2D eigenvalue weighted by molar-refractivity contribution is 0.874. The van der Waals surface area contributed by atoms with E-state index in [1.807, 2.05) is 36.5 Å². The van der Waals surface area contributed by atoms with E-state index >= 15 is 0 Å². The summed E-state index contributed by atoms with van der Waals surface area (Å²) in [5.41, 5.74) is 3.15. The molecule has 110 valence electrons. The average molecular weight is 321 g/mol. The van der Waals surface area contributed by atoms with Crippen molar-refractivity contribution in [3.63, 3.8) is 0 Å². The van der Waals surface area contributed by atoms with Crippen LogP contribution in [-0.2, 0) is 0 Å². The van der Waals surface area contributed by atoms with Crippen LogP contribution in [0.5, 0.6) is 0 Å². The molecule has 0 saturated carbocycles. The number of hydrogen-bond donors (Lipinski definition) is 0. The number of para-hydroxylation sites is 1. The molecule has 0 bridgehead atoms. The predicted octanol–water partition coefficient (Wildman–Crippen LogP) is 4.72. The monoisotopic (exact) mass is 320 g/mol. The highest BCUT2D eigenvalue weighted by atomic mass is 35.5. The van der Waals surface area contributed by atoms with Gasteiger partial charge in [-0.15, -0.1) is 23.2 Å². The van der Waals surface area contributed by atoms with E-state index in [1.54, 1.807) is 0 Å². The molecule has 2 aromatic rings. The van der Waals surface area contributed by atoms with Crippen molar-refractivity contribution in [2.24, 2.45) is 4.99 Å². The summed E-state index contributed by atoms with van der Waals surface area (Å²) in [4.78, 5) is 6.62. The Hall–Kier alpha value is -1.51. The maximum absolute atomic E-state index is 5.82. The fourth-order valence-electron chi connectivity index (χ4n) is 2.01. The Morgan fingerprint density at radius 1 is 0.857 bits per heavy atom. The Kier molecular flexibility index (Phi) is 6.58. The van der Waals surface area contributed by atoms with Crippen molar-refractivity contribution >= 4 is 40.8 Å². The van der Waals surface area contributed by atoms with E-state index in [0.717, 1.165) is 30.0 Å². The maximum atomic E-state index is 5.82. The molecule has 0 unspecified atom stereocenters. The van der Waals surface area contributed by atoms with Gasteiger partial charge in [0.2, 0.25) is 0 Å². The van der Waals surface area contributed by atoms with E-state index in [-0.39, 0.29) is 0 Å². The first kappa shape index (κ1) is 15.9. The van der Waals surface area contributed by atoms with Crippen LogP contribution >= 0.6 is 23.2 Å². The molecule has 2 rings (SSSR count). The third-order valence-electron chi connectivity index (χ3n) is 3.09. The van der Waals surface area contributed by atoms with Crippen molar-refractivity contribution in [1.82, 2.24) is 0 Å². The van der Waals surface area contributed by atoms with Crippen LogP contribution in [0.25, 0.3) is 0 Å². The lowest BCUT2D eigenvalue weighted by Crippen LogP contribution is -2.27. The number of halogens is 2. The number of nitrogens with zero attached hydrogens (tertiary/aromatic N) is 2. The van der Waals surface area contributed by atoms with Crippen LogP contribution < -0.4 is 4.90 Å². The summed E-state index contributed by atoms with van der Waals surface area (Å²) in [6.45, 7) is 1.59. The summed E-state index contributed by atoms with van der Waals surface area (Å²) in [6, 6.07) is 18.2. The van der Waals surface area contributed by atoms with Crippen molar-refractivity contribution in [1.29, 1.82) is 0 Å². The number of aliphatic imine (C=N–C) groups is 1. The van der Waals surface area contributed by atoms with Crippen LogP contribution in [0.1, 0.15) is 5.56 Å². The van der Waals surface area contributed by atoms with Crippen molar-refractivity contribution in [2.75, 3.05) is 29.7 Å². The largest absolute Gasteiger partial charge is 0.369 e. The molecule has 2 aromatic carbocycles. The van der Waals surface area contributed by atoms with Crippen LogP contribution in [0, 0.1) is 0 Å². The van der Waals surface area contributed by atoms with Gasteiger partial charge in [-0.3, -0.25) is 4.99 Å². The van der Waals surface area contributed by atoms with Gasteiger partial charge in [-0.05, 0) is 29.8 Å². The molecule has 0 fully saturated rings. The SMILES string of the molecule is ClCCN(CCCl)c1ccc(C=Nc2ccccc2)cc1. The van der Waals surface area contributed by atoms with Gasteiger partial charge in [0, 0.05) is 36.8 Å². The molecule has 21 heavy (non-hydrogen) atoms. The summed E-state index contributed by atoms with van der Waals surface area (Å²) >= 11 is 11.6. The minimum atomic E-state index is 0.591. The van der Waals surface area contributed by atoms with Gasteiger partial charge in [0.1, 0.15) is 0 Å².